The first kappa shape index (κ1) is 13.7. The Morgan fingerprint density at radius 3 is 2.50 bits per heavy atom. The number of urea groups is 1. The molecule has 0 aromatic carbocycles. The molecule has 4 nitrogen and oxygen atoms in total. The molecular weight excluding hydrogens is 226 g/mol. The van der Waals surface area contributed by atoms with Gasteiger partial charge in [-0.3, -0.25) is 0 Å². The fraction of sp³-hybridized carbons (Fsp3) is 0.929. The number of carbonyl (C=O) groups is 1. The molecule has 0 radical (unpaired) electrons. The van der Waals surface area contributed by atoms with Crippen LogP contribution in [0.5, 0.6) is 0 Å². The van der Waals surface area contributed by atoms with Crippen LogP contribution in [-0.2, 0) is 0 Å². The number of amides is 2. The topological polar surface area (TPSA) is 35.6 Å². The fourth-order valence-electron chi connectivity index (χ4n) is 3.29. The van der Waals surface area contributed by atoms with Crippen LogP contribution in [0.2, 0.25) is 0 Å². The lowest BCUT2D eigenvalue weighted by Gasteiger charge is -2.29. The minimum absolute atomic E-state index is 0.0128. The van der Waals surface area contributed by atoms with Crippen molar-refractivity contribution in [3.63, 3.8) is 0 Å². The van der Waals surface area contributed by atoms with Crippen LogP contribution >= 0.6 is 0 Å². The lowest BCUT2D eigenvalue weighted by Crippen LogP contribution is -2.48. The van der Waals surface area contributed by atoms with Crippen molar-refractivity contribution in [2.75, 3.05) is 27.2 Å². The highest BCUT2D eigenvalue weighted by Gasteiger charge is 2.41. The molecule has 2 aliphatic rings. The summed E-state index contributed by atoms with van der Waals surface area (Å²) >= 11 is 0. The maximum atomic E-state index is 12.3. The summed E-state index contributed by atoms with van der Waals surface area (Å²) < 4.78 is 0. The second-order valence-corrected chi connectivity index (χ2v) is 6.52. The first-order valence-electron chi connectivity index (χ1n) is 7.15. The molecule has 4 heteroatoms. The van der Waals surface area contributed by atoms with Gasteiger partial charge in [-0.15, -0.1) is 0 Å². The monoisotopic (exact) mass is 253 g/mol. The van der Waals surface area contributed by atoms with Crippen molar-refractivity contribution in [1.29, 1.82) is 0 Å². The molecule has 1 aliphatic carbocycles. The van der Waals surface area contributed by atoms with E-state index in [0.717, 1.165) is 19.0 Å². The van der Waals surface area contributed by atoms with Gasteiger partial charge in [0.2, 0.25) is 0 Å². The van der Waals surface area contributed by atoms with Gasteiger partial charge in [-0.2, -0.15) is 0 Å². The Morgan fingerprint density at radius 2 is 1.94 bits per heavy atom. The summed E-state index contributed by atoms with van der Waals surface area (Å²) in [7, 11) is 3.93. The van der Waals surface area contributed by atoms with Gasteiger partial charge in [-0.05, 0) is 39.7 Å². The SMILES string of the molecule is CNC(C)(C)CN1CC(C2CCCC2)N(C)C1=O. The summed E-state index contributed by atoms with van der Waals surface area (Å²) in [6.07, 6.45) is 5.27. The zero-order valence-corrected chi connectivity index (χ0v) is 12.2. The highest BCUT2D eigenvalue weighted by molar-refractivity contribution is 5.77. The molecule has 0 bridgehead atoms. The third kappa shape index (κ3) is 2.63. The maximum Gasteiger partial charge on any atom is 0.320 e. The first-order chi connectivity index (χ1) is 8.44. The third-order valence-corrected chi connectivity index (χ3v) is 4.68. The predicted octanol–water partition coefficient (Wildman–Crippen LogP) is 1.91. The average Bonchev–Trinajstić information content (AvgIpc) is 2.93. The van der Waals surface area contributed by atoms with Crippen molar-refractivity contribution < 1.29 is 4.79 Å². The van der Waals surface area contributed by atoms with Crippen LogP contribution in [0.3, 0.4) is 0 Å². The molecular formula is C14H27N3O. The molecule has 1 unspecified atom stereocenters. The molecule has 0 spiro atoms. The molecule has 18 heavy (non-hydrogen) atoms. The number of carbonyl (C=O) groups excluding carboxylic acids is 1. The van der Waals surface area contributed by atoms with Gasteiger partial charge in [0, 0.05) is 25.7 Å². The second-order valence-electron chi connectivity index (χ2n) is 6.52. The van der Waals surface area contributed by atoms with Gasteiger partial charge in [-0.1, -0.05) is 12.8 Å². The van der Waals surface area contributed by atoms with Crippen LogP contribution in [0.15, 0.2) is 0 Å². The van der Waals surface area contributed by atoms with E-state index in [1.165, 1.54) is 25.7 Å². The lowest BCUT2D eigenvalue weighted by molar-refractivity contribution is 0.182. The summed E-state index contributed by atoms with van der Waals surface area (Å²) in [6, 6.07) is 0.642. The molecule has 2 amide bonds. The molecule has 2 fully saturated rings. The Labute approximate surface area is 111 Å². The first-order valence-corrected chi connectivity index (χ1v) is 7.15. The second kappa shape index (κ2) is 5.08. The van der Waals surface area contributed by atoms with Gasteiger partial charge in [0.15, 0.2) is 0 Å². The predicted molar refractivity (Wildman–Crippen MR) is 73.6 cm³/mol. The fourth-order valence-corrected chi connectivity index (χ4v) is 3.29. The number of nitrogens with one attached hydrogen (secondary N) is 1. The van der Waals surface area contributed by atoms with E-state index >= 15 is 0 Å². The number of rotatable bonds is 4. The van der Waals surface area contributed by atoms with Gasteiger partial charge < -0.3 is 15.1 Å². The van der Waals surface area contributed by atoms with E-state index < -0.39 is 0 Å². The van der Waals surface area contributed by atoms with Crippen LogP contribution < -0.4 is 5.32 Å². The Bertz CT molecular complexity index is 310. The highest BCUT2D eigenvalue weighted by atomic mass is 16.2. The molecule has 1 saturated heterocycles. The summed E-state index contributed by atoms with van der Waals surface area (Å²) in [5.41, 5.74) is -0.0128. The Balaban J connectivity index is 2.00. The molecule has 0 aromatic rings. The molecule has 104 valence electrons. The molecule has 1 saturated carbocycles. The number of hydrogen-bond acceptors (Lipinski definition) is 2. The Hall–Kier alpha value is -0.770. The summed E-state index contributed by atoms with van der Waals surface area (Å²) in [5.74, 6) is 0.724. The van der Waals surface area contributed by atoms with E-state index in [9.17, 15) is 4.79 Å². The van der Waals surface area contributed by atoms with Gasteiger partial charge in [0.1, 0.15) is 0 Å². The minimum Gasteiger partial charge on any atom is -0.323 e. The Morgan fingerprint density at radius 1 is 1.33 bits per heavy atom. The zero-order chi connectivity index (χ0) is 13.3. The van der Waals surface area contributed by atoms with Gasteiger partial charge in [0.05, 0.1) is 6.04 Å². The molecule has 1 aliphatic heterocycles. The third-order valence-electron chi connectivity index (χ3n) is 4.68. The lowest BCUT2D eigenvalue weighted by atomic mass is 9.97. The molecule has 1 heterocycles. The summed E-state index contributed by atoms with van der Waals surface area (Å²) in [5, 5.41) is 3.28. The average molecular weight is 253 g/mol. The normalized spacial score (nSPS) is 26.4. The van der Waals surface area contributed by atoms with Crippen molar-refractivity contribution >= 4 is 6.03 Å². The molecule has 2 rings (SSSR count). The molecule has 1 atom stereocenters. The smallest absolute Gasteiger partial charge is 0.320 e. The van der Waals surface area contributed by atoms with Crippen molar-refractivity contribution in [3.8, 4) is 0 Å². The largest absolute Gasteiger partial charge is 0.323 e. The number of likely N-dealkylation sites (N-methyl/N-ethyl adjacent to an activating group) is 2. The molecule has 1 N–H and O–H groups in total. The van der Waals surface area contributed by atoms with E-state index in [4.69, 9.17) is 0 Å². The minimum atomic E-state index is -0.0128. The van der Waals surface area contributed by atoms with Crippen molar-refractivity contribution in [1.82, 2.24) is 15.1 Å². The summed E-state index contributed by atoms with van der Waals surface area (Å²) in [6.45, 7) is 5.98. The van der Waals surface area contributed by atoms with Crippen LogP contribution in [0.25, 0.3) is 0 Å². The van der Waals surface area contributed by atoms with Crippen molar-refractivity contribution in [2.24, 2.45) is 5.92 Å². The van der Waals surface area contributed by atoms with E-state index in [1.807, 2.05) is 23.9 Å². The van der Waals surface area contributed by atoms with E-state index in [-0.39, 0.29) is 11.6 Å². The van der Waals surface area contributed by atoms with Crippen LogP contribution in [-0.4, -0.2) is 54.6 Å². The highest BCUT2D eigenvalue weighted by Crippen LogP contribution is 2.33. The van der Waals surface area contributed by atoms with Crippen LogP contribution in [0, 0.1) is 5.92 Å². The van der Waals surface area contributed by atoms with Gasteiger partial charge in [0.25, 0.3) is 0 Å². The van der Waals surface area contributed by atoms with Gasteiger partial charge in [-0.25, -0.2) is 4.79 Å². The van der Waals surface area contributed by atoms with E-state index in [1.54, 1.807) is 0 Å². The number of hydrogen-bond donors (Lipinski definition) is 1. The van der Waals surface area contributed by atoms with Gasteiger partial charge >= 0.3 is 6.03 Å². The zero-order valence-electron chi connectivity index (χ0n) is 12.2. The maximum absolute atomic E-state index is 12.3. The standard InChI is InChI=1S/C14H27N3O/c1-14(2,15-3)10-17-9-12(16(4)13(17)18)11-7-5-6-8-11/h11-12,15H,5-10H2,1-4H3. The number of nitrogens with zero attached hydrogens (tertiary/aromatic N) is 2. The van der Waals surface area contributed by atoms with Crippen LogP contribution in [0.4, 0.5) is 4.79 Å². The van der Waals surface area contributed by atoms with Crippen LogP contribution in [0.1, 0.15) is 39.5 Å². The quantitative estimate of drug-likeness (QED) is 0.831. The summed E-state index contributed by atoms with van der Waals surface area (Å²) in [4.78, 5) is 16.3. The van der Waals surface area contributed by atoms with E-state index in [2.05, 4.69) is 19.2 Å². The molecule has 0 aromatic heterocycles. The Kier molecular flexibility index (Phi) is 3.85. The van der Waals surface area contributed by atoms with E-state index in [0.29, 0.717) is 6.04 Å². The van der Waals surface area contributed by atoms with Crippen molar-refractivity contribution in [3.05, 3.63) is 0 Å². The van der Waals surface area contributed by atoms with Crippen molar-refractivity contribution in [2.45, 2.75) is 51.1 Å².